The largest absolute Gasteiger partial charge is 0.550 e. The lowest BCUT2D eigenvalue weighted by Crippen LogP contribution is -2.36. The zero-order chi connectivity index (χ0) is 24.9. The number of aliphatic hydroxyl groups excluding tert-OH is 1. The number of aliphatic carboxylic acids is 1. The van der Waals surface area contributed by atoms with Gasteiger partial charge in [-0.3, -0.25) is 0 Å². The molecule has 9 heteroatoms. The normalized spacial score (nSPS) is 14.6. The number of benzene rings is 2. The van der Waals surface area contributed by atoms with Crippen molar-refractivity contribution in [3.63, 3.8) is 0 Å². The lowest BCUT2D eigenvalue weighted by atomic mass is 10.2. The molecule has 0 fully saturated rings. The van der Waals surface area contributed by atoms with E-state index in [1.807, 2.05) is 41.3 Å². The Morgan fingerprint density at radius 1 is 1.17 bits per heavy atom. The smallest absolute Gasteiger partial charge is 0.263 e. The molecule has 1 aliphatic heterocycles. The van der Waals surface area contributed by atoms with Gasteiger partial charge in [-0.05, 0) is 42.3 Å². The maximum Gasteiger partial charge on any atom is 0.263 e. The number of carbonyl (C=O) groups excluding carboxylic acids is 1. The van der Waals surface area contributed by atoms with Crippen LogP contribution in [-0.4, -0.2) is 38.4 Å². The number of hydrogen-bond acceptors (Lipinski definition) is 8. The molecule has 0 spiro atoms. The van der Waals surface area contributed by atoms with E-state index in [1.54, 1.807) is 37.3 Å². The van der Waals surface area contributed by atoms with Gasteiger partial charge in [-0.15, -0.1) is 0 Å². The van der Waals surface area contributed by atoms with Crippen LogP contribution < -0.4 is 24.0 Å². The molecule has 1 N–H and O–H groups in total. The summed E-state index contributed by atoms with van der Waals surface area (Å²) in [5.41, 5.74) is 3.04. The number of anilines is 1. The average molecular weight is 513 g/mol. The van der Waals surface area contributed by atoms with E-state index in [-0.39, 0.29) is 13.0 Å². The third-order valence-corrected chi connectivity index (χ3v) is 7.99. The molecule has 0 saturated heterocycles. The van der Waals surface area contributed by atoms with Gasteiger partial charge in [0.25, 0.3) is 5.01 Å². The van der Waals surface area contributed by atoms with Crippen LogP contribution in [0.25, 0.3) is 16.3 Å². The van der Waals surface area contributed by atoms with Crippen molar-refractivity contribution in [2.45, 2.75) is 31.2 Å². The third-order valence-electron chi connectivity index (χ3n) is 5.76. The van der Waals surface area contributed by atoms with Crippen molar-refractivity contribution in [1.29, 1.82) is 0 Å². The highest BCUT2D eigenvalue weighted by molar-refractivity contribution is 8.03. The van der Waals surface area contributed by atoms with Gasteiger partial charge in [0.2, 0.25) is 5.52 Å². The molecular formula is C26H28N2O5S2. The van der Waals surface area contributed by atoms with E-state index in [1.165, 1.54) is 0 Å². The summed E-state index contributed by atoms with van der Waals surface area (Å²) < 4.78 is 14.0. The standard InChI is InChI=1S/C26H28N2O5S2/c1-4-17(14-25-28(11-12-29)21-16-19(33-3)6-8-23(21)35-25)13-24-27(10-9-26(30)31)20-15-18(32-2)5-7-22(20)34-24/h5-8,13-16,29H,4,9-12H2,1-3H3. The number of allylic oxidation sites excluding steroid dienone is 2. The molecule has 0 amide bonds. The number of rotatable bonds is 10. The zero-order valence-corrected chi connectivity index (χ0v) is 21.6. The number of aliphatic hydroxyl groups is 1. The number of carboxylic acids is 1. The van der Waals surface area contributed by atoms with Gasteiger partial charge in [-0.25, -0.2) is 0 Å². The second-order valence-electron chi connectivity index (χ2n) is 7.91. The number of thiazole rings is 1. The second kappa shape index (κ2) is 11.2. The first-order chi connectivity index (χ1) is 17.0. The number of ether oxygens (including phenoxy) is 2. The van der Waals surface area contributed by atoms with E-state index >= 15 is 0 Å². The molecule has 0 radical (unpaired) electrons. The fourth-order valence-electron chi connectivity index (χ4n) is 3.96. The Morgan fingerprint density at radius 2 is 1.91 bits per heavy atom. The molecule has 3 aromatic rings. The van der Waals surface area contributed by atoms with Crippen LogP contribution in [0.1, 0.15) is 24.8 Å². The number of carboxylic acid groups (broad SMARTS) is 1. The first-order valence-electron chi connectivity index (χ1n) is 11.3. The van der Waals surface area contributed by atoms with Crippen LogP contribution in [0.15, 0.2) is 58.0 Å². The van der Waals surface area contributed by atoms with Crippen molar-refractivity contribution in [3.8, 4) is 11.5 Å². The van der Waals surface area contributed by atoms with E-state index in [0.717, 1.165) is 54.3 Å². The molecule has 35 heavy (non-hydrogen) atoms. The molecule has 0 bridgehead atoms. The Hall–Kier alpha value is -3.01. The molecule has 7 nitrogen and oxygen atoms in total. The molecule has 4 rings (SSSR count). The molecule has 1 aliphatic rings. The second-order valence-corrected chi connectivity index (χ2v) is 10.0. The fourth-order valence-corrected chi connectivity index (χ4v) is 6.25. The lowest BCUT2D eigenvalue weighted by molar-refractivity contribution is -0.670. The summed E-state index contributed by atoms with van der Waals surface area (Å²) in [4.78, 5) is 14.3. The van der Waals surface area contributed by atoms with Crippen molar-refractivity contribution in [2.75, 3.05) is 32.3 Å². The first kappa shape index (κ1) is 25.1. The Labute approximate surface area is 212 Å². The number of aromatic nitrogens is 1. The van der Waals surface area contributed by atoms with E-state index in [4.69, 9.17) is 9.47 Å². The molecule has 0 atom stereocenters. The van der Waals surface area contributed by atoms with Gasteiger partial charge in [0.1, 0.15) is 22.8 Å². The molecular weight excluding hydrogens is 484 g/mol. The van der Waals surface area contributed by atoms with Gasteiger partial charge in [-0.1, -0.05) is 30.0 Å². The van der Waals surface area contributed by atoms with Gasteiger partial charge >= 0.3 is 0 Å². The molecule has 1 aromatic heterocycles. The molecule has 0 aliphatic carbocycles. The van der Waals surface area contributed by atoms with Crippen molar-refractivity contribution in [3.05, 3.63) is 58.1 Å². The third kappa shape index (κ3) is 5.47. The van der Waals surface area contributed by atoms with Gasteiger partial charge in [0, 0.05) is 36.0 Å². The number of hydrogen-bond donors (Lipinski definition) is 1. The number of methoxy groups -OCH3 is 2. The highest BCUT2D eigenvalue weighted by Crippen LogP contribution is 2.48. The summed E-state index contributed by atoms with van der Waals surface area (Å²) in [5, 5.41) is 22.9. The van der Waals surface area contributed by atoms with E-state index in [0.29, 0.717) is 13.1 Å². The van der Waals surface area contributed by atoms with E-state index < -0.39 is 5.97 Å². The maximum absolute atomic E-state index is 11.2. The average Bonchev–Trinajstić information content (AvgIpc) is 3.38. The summed E-state index contributed by atoms with van der Waals surface area (Å²) in [6.07, 6.45) is 4.96. The highest BCUT2D eigenvalue weighted by Gasteiger charge is 2.26. The SMILES string of the molecule is CCC(=Cc1sc2ccc(OC)cc2[n+]1CCO)C=C1Sc2ccc(OC)cc2N1CCC(=O)[O-]. The van der Waals surface area contributed by atoms with Crippen LogP contribution in [0, 0.1) is 0 Å². The predicted octanol–water partition coefficient (Wildman–Crippen LogP) is 3.59. The van der Waals surface area contributed by atoms with Crippen molar-refractivity contribution in [1.82, 2.24) is 0 Å². The van der Waals surface area contributed by atoms with Gasteiger partial charge in [0.05, 0.1) is 31.0 Å². The van der Waals surface area contributed by atoms with Gasteiger partial charge in [-0.2, -0.15) is 4.57 Å². The van der Waals surface area contributed by atoms with Crippen LogP contribution in [-0.2, 0) is 11.3 Å². The minimum Gasteiger partial charge on any atom is -0.550 e. The molecule has 0 unspecified atom stereocenters. The predicted molar refractivity (Wildman–Crippen MR) is 138 cm³/mol. The molecule has 2 heterocycles. The molecule has 184 valence electrons. The van der Waals surface area contributed by atoms with Crippen molar-refractivity contribution in [2.24, 2.45) is 0 Å². The van der Waals surface area contributed by atoms with Gasteiger partial charge < -0.3 is 29.4 Å². The maximum atomic E-state index is 11.2. The van der Waals surface area contributed by atoms with E-state index in [2.05, 4.69) is 23.6 Å². The summed E-state index contributed by atoms with van der Waals surface area (Å²) in [6, 6.07) is 11.8. The lowest BCUT2D eigenvalue weighted by Gasteiger charge is -2.21. The van der Waals surface area contributed by atoms with Crippen molar-refractivity contribution >= 4 is 51.0 Å². The van der Waals surface area contributed by atoms with Crippen LogP contribution >= 0.6 is 23.1 Å². The summed E-state index contributed by atoms with van der Waals surface area (Å²) in [5.74, 6) is 0.415. The minimum atomic E-state index is -1.08. The van der Waals surface area contributed by atoms with Crippen LogP contribution in [0.5, 0.6) is 11.5 Å². The number of fused-ring (bicyclic) bond motifs is 2. The summed E-state index contributed by atoms with van der Waals surface area (Å²) >= 11 is 3.27. The Kier molecular flexibility index (Phi) is 8.00. The van der Waals surface area contributed by atoms with Crippen LogP contribution in [0.3, 0.4) is 0 Å². The summed E-state index contributed by atoms with van der Waals surface area (Å²) in [7, 11) is 3.26. The monoisotopic (exact) mass is 512 g/mol. The Bertz CT molecular complexity index is 1300. The van der Waals surface area contributed by atoms with Crippen LogP contribution in [0.2, 0.25) is 0 Å². The van der Waals surface area contributed by atoms with Crippen molar-refractivity contribution < 1.29 is 29.0 Å². The number of carbonyl (C=O) groups is 1. The highest BCUT2D eigenvalue weighted by atomic mass is 32.2. The first-order valence-corrected chi connectivity index (χ1v) is 13.0. The topological polar surface area (TPSA) is 85.9 Å². The Morgan fingerprint density at radius 3 is 2.60 bits per heavy atom. The molecule has 0 saturated carbocycles. The number of thioether (sulfide) groups is 1. The molecule has 2 aromatic carbocycles. The van der Waals surface area contributed by atoms with E-state index in [9.17, 15) is 15.0 Å². The zero-order valence-electron chi connectivity index (χ0n) is 19.9. The number of nitrogens with zero attached hydrogens (tertiary/aromatic N) is 2. The van der Waals surface area contributed by atoms with Gasteiger partial charge in [0.15, 0.2) is 6.54 Å². The quantitative estimate of drug-likeness (QED) is 0.416. The minimum absolute atomic E-state index is 0.0289. The summed E-state index contributed by atoms with van der Waals surface area (Å²) in [6.45, 7) is 2.91. The van der Waals surface area contributed by atoms with Crippen LogP contribution in [0.4, 0.5) is 5.69 Å². The Balaban J connectivity index is 1.75. The fraction of sp³-hybridized carbons (Fsp3) is 0.308.